The van der Waals surface area contributed by atoms with Crippen LogP contribution in [0, 0.1) is 0 Å². The third-order valence-corrected chi connectivity index (χ3v) is 6.71. The van der Waals surface area contributed by atoms with E-state index in [1.807, 2.05) is 66.7 Å². The Labute approximate surface area is 199 Å². The predicted octanol–water partition coefficient (Wildman–Crippen LogP) is 6.74. The summed E-state index contributed by atoms with van der Waals surface area (Å²) in [5, 5.41) is 10.5. The first-order valence-corrected chi connectivity index (χ1v) is 11.6. The van der Waals surface area contributed by atoms with Crippen molar-refractivity contribution < 1.29 is 14.7 Å². The molecular weight excluding hydrogens is 434 g/mol. The van der Waals surface area contributed by atoms with Crippen LogP contribution in [0.5, 0.6) is 0 Å². The average Bonchev–Trinajstić information content (AvgIpc) is 3.24. The zero-order chi connectivity index (χ0) is 23.8. The van der Waals surface area contributed by atoms with E-state index in [1.165, 1.54) is 4.90 Å². The van der Waals surface area contributed by atoms with Gasteiger partial charge in [-0.25, -0.2) is 4.79 Å². The largest absolute Gasteiger partial charge is 0.480 e. The Morgan fingerprint density at radius 3 is 2.24 bits per heavy atom. The fraction of sp³-hybridized carbons (Fsp3) is 0.286. The lowest BCUT2D eigenvalue weighted by Crippen LogP contribution is -2.42. The molecule has 1 amide bonds. The summed E-state index contributed by atoms with van der Waals surface area (Å²) in [5.74, 6) is -1.28. The lowest BCUT2D eigenvalue weighted by atomic mass is 9.84. The topological polar surface area (TPSA) is 57.6 Å². The van der Waals surface area contributed by atoms with Crippen LogP contribution in [-0.4, -0.2) is 27.9 Å². The molecule has 3 aromatic carbocycles. The van der Waals surface area contributed by atoms with Crippen LogP contribution in [0.25, 0.3) is 11.1 Å². The first-order chi connectivity index (χ1) is 15.7. The van der Waals surface area contributed by atoms with Crippen LogP contribution < -0.4 is 0 Å². The number of carbonyl (C=O) groups is 2. The Hall–Kier alpha value is -3.11. The molecule has 0 bridgehead atoms. The Balaban J connectivity index is 1.88. The van der Waals surface area contributed by atoms with E-state index in [-0.39, 0.29) is 11.3 Å². The molecule has 0 saturated carbocycles. The maximum Gasteiger partial charge on any atom is 0.326 e. The standard InChI is InChI=1S/C28H28ClNO3/c1-28(2,3)19-13-14-20(18-9-5-4-6-10-18)22(17-19)26(31)30-24(15-16-25(30)27(32)33)21-11-7-8-12-23(21)29/h4-14,17,24-25H,15-16H2,1-3H3,(H,32,33). The van der Waals surface area contributed by atoms with E-state index in [1.54, 1.807) is 6.07 Å². The molecule has 0 radical (unpaired) electrons. The highest BCUT2D eigenvalue weighted by Gasteiger charge is 2.43. The molecule has 1 aliphatic rings. The number of carboxylic acids is 1. The van der Waals surface area contributed by atoms with Gasteiger partial charge in [0.25, 0.3) is 5.91 Å². The minimum Gasteiger partial charge on any atom is -0.480 e. The van der Waals surface area contributed by atoms with Crippen molar-refractivity contribution in [3.63, 3.8) is 0 Å². The number of carboxylic acid groups (broad SMARTS) is 1. The van der Waals surface area contributed by atoms with E-state index < -0.39 is 18.1 Å². The number of amides is 1. The number of halogens is 1. The highest BCUT2D eigenvalue weighted by molar-refractivity contribution is 6.31. The maximum absolute atomic E-state index is 14.1. The second-order valence-electron chi connectivity index (χ2n) is 9.56. The average molecular weight is 462 g/mol. The number of carbonyl (C=O) groups excluding carboxylic acids is 1. The van der Waals surface area contributed by atoms with Crippen LogP contribution >= 0.6 is 11.6 Å². The minimum absolute atomic E-state index is 0.163. The van der Waals surface area contributed by atoms with Crippen molar-refractivity contribution in [1.82, 2.24) is 4.90 Å². The first kappa shape index (κ1) is 23.1. The SMILES string of the molecule is CC(C)(C)c1ccc(-c2ccccc2)c(C(=O)N2C(C(=O)O)CCC2c2ccccc2Cl)c1. The Bertz CT molecular complexity index is 1180. The van der Waals surface area contributed by atoms with Crippen LogP contribution in [0.15, 0.2) is 72.8 Å². The Morgan fingerprint density at radius 1 is 0.939 bits per heavy atom. The van der Waals surface area contributed by atoms with Crippen molar-refractivity contribution in [1.29, 1.82) is 0 Å². The van der Waals surface area contributed by atoms with Gasteiger partial charge in [0.2, 0.25) is 0 Å². The minimum atomic E-state index is -0.994. The van der Waals surface area contributed by atoms with Gasteiger partial charge in [-0.15, -0.1) is 0 Å². The summed E-state index contributed by atoms with van der Waals surface area (Å²) in [6, 6.07) is 21.7. The maximum atomic E-state index is 14.1. The number of hydrogen-bond acceptors (Lipinski definition) is 2. The quantitative estimate of drug-likeness (QED) is 0.468. The molecule has 1 aliphatic heterocycles. The predicted molar refractivity (Wildman–Crippen MR) is 132 cm³/mol. The third-order valence-electron chi connectivity index (χ3n) is 6.37. The molecule has 33 heavy (non-hydrogen) atoms. The van der Waals surface area contributed by atoms with Gasteiger partial charge in [-0.05, 0) is 52.6 Å². The van der Waals surface area contributed by atoms with Crippen molar-refractivity contribution in [2.45, 2.75) is 51.1 Å². The van der Waals surface area contributed by atoms with E-state index in [9.17, 15) is 14.7 Å². The molecule has 0 aliphatic carbocycles. The fourth-order valence-corrected chi connectivity index (χ4v) is 4.85. The Kier molecular flexibility index (Phi) is 6.31. The van der Waals surface area contributed by atoms with Crippen molar-refractivity contribution in [2.75, 3.05) is 0 Å². The summed E-state index contributed by atoms with van der Waals surface area (Å²) in [7, 11) is 0. The summed E-state index contributed by atoms with van der Waals surface area (Å²) < 4.78 is 0. The molecule has 0 aromatic heterocycles. The van der Waals surface area contributed by atoms with Gasteiger partial charge in [0.05, 0.1) is 6.04 Å². The second-order valence-corrected chi connectivity index (χ2v) is 9.96. The van der Waals surface area contributed by atoms with Crippen molar-refractivity contribution in [2.24, 2.45) is 0 Å². The molecule has 3 aromatic rings. The number of rotatable bonds is 4. The zero-order valence-corrected chi connectivity index (χ0v) is 19.8. The van der Waals surface area contributed by atoms with Crippen molar-refractivity contribution in [3.05, 3.63) is 94.5 Å². The van der Waals surface area contributed by atoms with Crippen LogP contribution in [-0.2, 0) is 10.2 Å². The molecule has 4 nitrogen and oxygen atoms in total. The van der Waals surface area contributed by atoms with E-state index in [2.05, 4.69) is 20.8 Å². The summed E-state index contributed by atoms with van der Waals surface area (Å²) in [6.07, 6.45) is 0.933. The summed E-state index contributed by atoms with van der Waals surface area (Å²) in [5.41, 5.74) is 3.86. The zero-order valence-electron chi connectivity index (χ0n) is 19.1. The molecule has 1 heterocycles. The molecule has 2 atom stereocenters. The normalized spacial score (nSPS) is 18.4. The third kappa shape index (κ3) is 4.53. The van der Waals surface area contributed by atoms with Gasteiger partial charge in [0.1, 0.15) is 6.04 Å². The number of nitrogens with zero attached hydrogens (tertiary/aromatic N) is 1. The number of hydrogen-bond donors (Lipinski definition) is 1. The van der Waals surface area contributed by atoms with Gasteiger partial charge in [-0.1, -0.05) is 93.0 Å². The van der Waals surface area contributed by atoms with Gasteiger partial charge in [0.15, 0.2) is 0 Å². The lowest BCUT2D eigenvalue weighted by molar-refractivity contribution is -0.141. The fourth-order valence-electron chi connectivity index (χ4n) is 4.58. The van der Waals surface area contributed by atoms with Crippen LogP contribution in [0.4, 0.5) is 0 Å². The number of benzene rings is 3. The van der Waals surface area contributed by atoms with Gasteiger partial charge >= 0.3 is 5.97 Å². The highest BCUT2D eigenvalue weighted by Crippen LogP contribution is 2.41. The summed E-state index contributed by atoms with van der Waals surface area (Å²) >= 11 is 6.47. The van der Waals surface area contributed by atoms with Gasteiger partial charge < -0.3 is 10.0 Å². The van der Waals surface area contributed by atoms with E-state index in [0.717, 1.165) is 22.3 Å². The van der Waals surface area contributed by atoms with Crippen molar-refractivity contribution >= 4 is 23.5 Å². The monoisotopic (exact) mass is 461 g/mol. The van der Waals surface area contributed by atoms with Gasteiger partial charge in [-0.3, -0.25) is 4.79 Å². The lowest BCUT2D eigenvalue weighted by Gasteiger charge is -2.31. The molecule has 4 rings (SSSR count). The number of likely N-dealkylation sites (tertiary alicyclic amines) is 1. The van der Waals surface area contributed by atoms with Crippen LogP contribution in [0.3, 0.4) is 0 Å². The summed E-state index contributed by atoms with van der Waals surface area (Å²) in [4.78, 5) is 27.8. The van der Waals surface area contributed by atoms with Crippen LogP contribution in [0.2, 0.25) is 5.02 Å². The highest BCUT2D eigenvalue weighted by atomic mass is 35.5. The van der Waals surface area contributed by atoms with E-state index in [4.69, 9.17) is 11.6 Å². The molecule has 2 unspecified atom stereocenters. The van der Waals surface area contributed by atoms with Gasteiger partial charge in [0, 0.05) is 10.6 Å². The molecule has 1 N–H and O–H groups in total. The Morgan fingerprint density at radius 2 is 1.61 bits per heavy atom. The van der Waals surface area contributed by atoms with Crippen molar-refractivity contribution in [3.8, 4) is 11.1 Å². The van der Waals surface area contributed by atoms with E-state index >= 15 is 0 Å². The first-order valence-electron chi connectivity index (χ1n) is 11.2. The van der Waals surface area contributed by atoms with Gasteiger partial charge in [-0.2, -0.15) is 0 Å². The molecule has 0 spiro atoms. The number of aliphatic carboxylic acids is 1. The van der Waals surface area contributed by atoms with E-state index in [0.29, 0.717) is 23.4 Å². The smallest absolute Gasteiger partial charge is 0.326 e. The molecule has 5 heteroatoms. The summed E-state index contributed by atoms with van der Waals surface area (Å²) in [6.45, 7) is 6.30. The molecule has 170 valence electrons. The molecular formula is C28H28ClNO3. The molecule has 1 fully saturated rings. The van der Waals surface area contributed by atoms with Crippen LogP contribution in [0.1, 0.15) is 61.1 Å². The molecule has 1 saturated heterocycles. The second kappa shape index (κ2) is 9.03.